The molecule has 0 heterocycles. The second-order valence-electron chi connectivity index (χ2n) is 5.51. The van der Waals surface area contributed by atoms with E-state index in [1.807, 2.05) is 13.8 Å². The van der Waals surface area contributed by atoms with Crippen LogP contribution >= 0.6 is 0 Å². The van der Waals surface area contributed by atoms with Crippen LogP contribution in [0.25, 0.3) is 0 Å². The van der Waals surface area contributed by atoms with Crippen molar-refractivity contribution >= 4 is 33.1 Å². The van der Waals surface area contributed by atoms with E-state index in [1.54, 1.807) is 0 Å². The first-order chi connectivity index (χ1) is 7.22. The fourth-order valence-electron chi connectivity index (χ4n) is 1.37. The van der Waals surface area contributed by atoms with Crippen LogP contribution in [0, 0.1) is 5.92 Å². The summed E-state index contributed by atoms with van der Waals surface area (Å²) in [5.74, 6) is -0.0208. The fraction of sp³-hybridized carbons (Fsp3) is 0.900. The van der Waals surface area contributed by atoms with Crippen molar-refractivity contribution < 1.29 is 13.3 Å². The Morgan fingerprint density at radius 1 is 1.38 bits per heavy atom. The largest absolute Gasteiger partial charge is 0.525 e. The molecule has 0 fully saturated rings. The zero-order valence-corrected chi connectivity index (χ0v) is 15.1. The highest BCUT2D eigenvalue weighted by Gasteiger charge is 2.18. The summed E-state index contributed by atoms with van der Waals surface area (Å²) >= 11 is 0. The van der Waals surface area contributed by atoms with Crippen LogP contribution in [0.5, 0.6) is 0 Å². The highest BCUT2D eigenvalue weighted by molar-refractivity contribution is 6.77. The van der Waals surface area contributed by atoms with Crippen molar-refractivity contribution in [3.05, 3.63) is 0 Å². The highest BCUT2D eigenvalue weighted by atomic mass is 28.4. The smallest absolute Gasteiger partial charge is 0.294 e. The SMILES string of the molecule is CC(C)C(=O)O[SiH2]CC[SiH](C)O[Si](C)(C)C. The molecule has 0 rings (SSSR count). The molecule has 0 spiro atoms. The van der Waals surface area contributed by atoms with Crippen molar-refractivity contribution in [2.24, 2.45) is 5.92 Å². The summed E-state index contributed by atoms with van der Waals surface area (Å²) in [5.41, 5.74) is 0. The lowest BCUT2D eigenvalue weighted by molar-refractivity contribution is -0.137. The predicted molar refractivity (Wildman–Crippen MR) is 76.5 cm³/mol. The van der Waals surface area contributed by atoms with Crippen LogP contribution in [-0.4, -0.2) is 33.1 Å². The van der Waals surface area contributed by atoms with E-state index in [2.05, 4.69) is 26.2 Å². The van der Waals surface area contributed by atoms with Gasteiger partial charge in [0.2, 0.25) is 9.76 Å². The lowest BCUT2D eigenvalue weighted by Crippen LogP contribution is -2.33. The number of hydrogen-bond acceptors (Lipinski definition) is 3. The van der Waals surface area contributed by atoms with Crippen molar-refractivity contribution in [1.29, 1.82) is 0 Å². The molecule has 0 aromatic carbocycles. The minimum Gasteiger partial charge on any atom is -0.525 e. The fourth-order valence-corrected chi connectivity index (χ4v) is 10.3. The van der Waals surface area contributed by atoms with E-state index in [0.29, 0.717) is 0 Å². The average Bonchev–Trinajstić information content (AvgIpc) is 2.08. The minimum absolute atomic E-state index is 0.0143. The maximum absolute atomic E-state index is 11.2. The van der Waals surface area contributed by atoms with Gasteiger partial charge in [-0.1, -0.05) is 13.8 Å². The van der Waals surface area contributed by atoms with Gasteiger partial charge in [0, 0.05) is 5.92 Å². The molecule has 0 saturated heterocycles. The monoisotopic (exact) mass is 278 g/mol. The molecule has 96 valence electrons. The second-order valence-corrected chi connectivity index (χ2v) is 14.3. The van der Waals surface area contributed by atoms with Crippen LogP contribution in [0.1, 0.15) is 13.8 Å². The predicted octanol–water partition coefficient (Wildman–Crippen LogP) is 1.89. The Morgan fingerprint density at radius 3 is 2.38 bits per heavy atom. The standard InChI is InChI=1S/C10H26O3Si3/c1-9(2)10(11)12-14-7-8-15(3)13-16(4,5)6/h9,15H,7-8,14H2,1-6H3. The molecule has 1 unspecified atom stereocenters. The molecule has 6 heteroatoms. The summed E-state index contributed by atoms with van der Waals surface area (Å²) in [7, 11) is -3.01. The lowest BCUT2D eigenvalue weighted by Gasteiger charge is -2.22. The Balaban J connectivity index is 3.56. The molecule has 1 atom stereocenters. The summed E-state index contributed by atoms with van der Waals surface area (Å²) < 4.78 is 11.3. The minimum atomic E-state index is -1.35. The summed E-state index contributed by atoms with van der Waals surface area (Å²) in [5, 5.41) is 0. The molecule has 0 aromatic heterocycles. The third-order valence-corrected chi connectivity index (χ3v) is 9.69. The van der Waals surface area contributed by atoms with Gasteiger partial charge in [0.1, 0.15) is 0 Å². The van der Waals surface area contributed by atoms with Crippen molar-refractivity contribution in [3.8, 4) is 0 Å². The maximum atomic E-state index is 11.2. The summed E-state index contributed by atoms with van der Waals surface area (Å²) in [6.07, 6.45) is 0. The molecular weight excluding hydrogens is 252 g/mol. The van der Waals surface area contributed by atoms with Crippen molar-refractivity contribution in [3.63, 3.8) is 0 Å². The first-order valence-electron chi connectivity index (χ1n) is 6.07. The van der Waals surface area contributed by atoms with E-state index in [-0.39, 0.29) is 11.9 Å². The Hall–Kier alpha value is 0.0806. The van der Waals surface area contributed by atoms with Gasteiger partial charge in [0.15, 0.2) is 17.4 Å². The molecule has 0 amide bonds. The van der Waals surface area contributed by atoms with Gasteiger partial charge in [-0.3, -0.25) is 4.79 Å². The molecule has 0 radical (unpaired) electrons. The van der Waals surface area contributed by atoms with Crippen molar-refractivity contribution in [1.82, 2.24) is 0 Å². The van der Waals surface area contributed by atoms with E-state index in [9.17, 15) is 4.79 Å². The van der Waals surface area contributed by atoms with E-state index in [4.69, 9.17) is 8.54 Å². The first-order valence-corrected chi connectivity index (χ1v) is 13.5. The van der Waals surface area contributed by atoms with Crippen LogP contribution in [0.3, 0.4) is 0 Å². The average molecular weight is 279 g/mol. The molecule has 16 heavy (non-hydrogen) atoms. The van der Waals surface area contributed by atoms with Gasteiger partial charge in [-0.25, -0.2) is 0 Å². The quantitative estimate of drug-likeness (QED) is 0.527. The number of carbonyl (C=O) groups excluding carboxylic acids is 1. The Bertz CT molecular complexity index is 214. The van der Waals surface area contributed by atoms with Crippen LogP contribution in [0.4, 0.5) is 0 Å². The third kappa shape index (κ3) is 9.32. The molecule has 0 aromatic rings. The Labute approximate surface area is 105 Å². The number of rotatable bonds is 7. The zero-order chi connectivity index (χ0) is 12.8. The molecular formula is C10H26O3Si3. The lowest BCUT2D eigenvalue weighted by atomic mass is 10.2. The van der Waals surface area contributed by atoms with Gasteiger partial charge in [-0.2, -0.15) is 0 Å². The van der Waals surface area contributed by atoms with Gasteiger partial charge in [0.05, 0.1) is 0 Å². The summed E-state index contributed by atoms with van der Waals surface area (Å²) in [6.45, 7) is 12.7. The van der Waals surface area contributed by atoms with E-state index >= 15 is 0 Å². The molecule has 0 bridgehead atoms. The van der Waals surface area contributed by atoms with E-state index in [1.165, 1.54) is 0 Å². The molecule has 0 aliphatic rings. The van der Waals surface area contributed by atoms with Crippen molar-refractivity contribution in [2.75, 3.05) is 0 Å². The molecule has 0 saturated carbocycles. The molecule has 0 aliphatic carbocycles. The third-order valence-electron chi connectivity index (χ3n) is 2.03. The van der Waals surface area contributed by atoms with Crippen LogP contribution in [0.2, 0.25) is 38.3 Å². The van der Waals surface area contributed by atoms with Crippen LogP contribution in [-0.2, 0) is 13.3 Å². The zero-order valence-electron chi connectivity index (χ0n) is 11.5. The van der Waals surface area contributed by atoms with Gasteiger partial charge < -0.3 is 8.54 Å². The van der Waals surface area contributed by atoms with Gasteiger partial charge >= 0.3 is 0 Å². The van der Waals surface area contributed by atoms with E-state index in [0.717, 1.165) is 12.1 Å². The van der Waals surface area contributed by atoms with Gasteiger partial charge in [-0.15, -0.1) is 0 Å². The summed E-state index contributed by atoms with van der Waals surface area (Å²) in [4.78, 5) is 11.2. The highest BCUT2D eigenvalue weighted by Crippen LogP contribution is 2.09. The van der Waals surface area contributed by atoms with Crippen LogP contribution < -0.4 is 0 Å². The maximum Gasteiger partial charge on any atom is 0.294 e. The number of carbonyl (C=O) groups is 1. The molecule has 3 nitrogen and oxygen atoms in total. The molecule has 0 aliphatic heterocycles. The normalized spacial score (nSPS) is 14.7. The molecule has 0 N–H and O–H groups in total. The van der Waals surface area contributed by atoms with Gasteiger partial charge in [0.25, 0.3) is 5.97 Å². The Morgan fingerprint density at radius 2 is 1.94 bits per heavy atom. The van der Waals surface area contributed by atoms with Gasteiger partial charge in [-0.05, 0) is 38.3 Å². The van der Waals surface area contributed by atoms with Crippen LogP contribution in [0.15, 0.2) is 0 Å². The summed E-state index contributed by atoms with van der Waals surface area (Å²) in [6, 6.07) is 2.23. The topological polar surface area (TPSA) is 35.5 Å². The second kappa shape index (κ2) is 7.41. The number of hydrogen-bond donors (Lipinski definition) is 0. The van der Waals surface area contributed by atoms with Crippen molar-refractivity contribution in [2.45, 2.75) is 52.1 Å². The van der Waals surface area contributed by atoms with E-state index < -0.39 is 27.1 Å². The Kier molecular flexibility index (Phi) is 7.45. The first kappa shape index (κ1) is 16.1.